The highest BCUT2D eigenvalue weighted by Gasteiger charge is 2.04. The van der Waals surface area contributed by atoms with Crippen LogP contribution in [0.3, 0.4) is 0 Å². The highest BCUT2D eigenvalue weighted by Crippen LogP contribution is 2.26. The third-order valence-corrected chi connectivity index (χ3v) is 4.65. The van der Waals surface area contributed by atoms with Crippen molar-refractivity contribution in [3.05, 3.63) is 90.0 Å². The molecule has 0 saturated heterocycles. The minimum absolute atomic E-state index is 0.292. The van der Waals surface area contributed by atoms with Crippen LogP contribution in [0.1, 0.15) is 17.5 Å². The van der Waals surface area contributed by atoms with Gasteiger partial charge in [0.1, 0.15) is 11.5 Å². The normalized spacial score (nSPS) is 11.0. The molecule has 0 unspecified atom stereocenters. The summed E-state index contributed by atoms with van der Waals surface area (Å²) in [6.45, 7) is 0.658. The van der Waals surface area contributed by atoms with Crippen molar-refractivity contribution >= 4 is 22.0 Å². The van der Waals surface area contributed by atoms with Crippen LogP contribution in [0.5, 0.6) is 11.5 Å². The predicted octanol–water partition coefficient (Wildman–Crippen LogP) is 6.48. The standard InChI is InChI=1S/C24H23BrO2/c25-17-18-27-24-12-6-4-10-21(24)9-2-1-7-19-8-3-5-11-23(19)20-13-15-22(26)16-14-20/h2-6,8-16,26H,1,7,17-18H2/b9-2-. The van der Waals surface area contributed by atoms with Gasteiger partial charge in [0.05, 0.1) is 6.61 Å². The molecule has 0 heterocycles. The van der Waals surface area contributed by atoms with Crippen molar-refractivity contribution in [2.75, 3.05) is 11.9 Å². The molecule has 0 fully saturated rings. The van der Waals surface area contributed by atoms with Gasteiger partial charge in [-0.3, -0.25) is 0 Å². The zero-order chi connectivity index (χ0) is 18.9. The van der Waals surface area contributed by atoms with Crippen molar-refractivity contribution in [2.45, 2.75) is 12.8 Å². The van der Waals surface area contributed by atoms with Crippen LogP contribution >= 0.6 is 15.9 Å². The number of ether oxygens (including phenoxy) is 1. The lowest BCUT2D eigenvalue weighted by atomic mass is 9.96. The summed E-state index contributed by atoms with van der Waals surface area (Å²) in [5.74, 6) is 1.21. The molecule has 0 spiro atoms. The second-order valence-corrected chi connectivity index (χ2v) is 7.01. The number of phenols is 1. The van der Waals surface area contributed by atoms with Crippen LogP contribution in [0.15, 0.2) is 78.9 Å². The van der Waals surface area contributed by atoms with E-state index in [0.29, 0.717) is 12.4 Å². The Morgan fingerprint density at radius 3 is 2.44 bits per heavy atom. The highest BCUT2D eigenvalue weighted by molar-refractivity contribution is 9.09. The van der Waals surface area contributed by atoms with Crippen LogP contribution in [0, 0.1) is 0 Å². The van der Waals surface area contributed by atoms with Gasteiger partial charge >= 0.3 is 0 Å². The van der Waals surface area contributed by atoms with Crippen LogP contribution < -0.4 is 4.74 Å². The van der Waals surface area contributed by atoms with Gasteiger partial charge in [-0.2, -0.15) is 0 Å². The molecular formula is C24H23BrO2. The van der Waals surface area contributed by atoms with Gasteiger partial charge in [0.25, 0.3) is 0 Å². The van der Waals surface area contributed by atoms with Crippen molar-refractivity contribution in [3.8, 4) is 22.6 Å². The summed E-state index contributed by atoms with van der Waals surface area (Å²) in [6.07, 6.45) is 6.23. The van der Waals surface area contributed by atoms with E-state index in [2.05, 4.69) is 58.4 Å². The smallest absolute Gasteiger partial charge is 0.126 e. The SMILES string of the molecule is Oc1ccc(-c2ccccc2CC/C=C\c2ccccc2OCCBr)cc1. The fourth-order valence-electron chi connectivity index (χ4n) is 3.01. The van der Waals surface area contributed by atoms with Crippen molar-refractivity contribution in [1.82, 2.24) is 0 Å². The Bertz CT molecular complexity index is 885. The number of hydrogen-bond acceptors (Lipinski definition) is 2. The van der Waals surface area contributed by atoms with Gasteiger partial charge in [-0.05, 0) is 47.7 Å². The van der Waals surface area contributed by atoms with Crippen molar-refractivity contribution < 1.29 is 9.84 Å². The number of aromatic hydroxyl groups is 1. The van der Waals surface area contributed by atoms with Gasteiger partial charge in [-0.25, -0.2) is 0 Å². The fourth-order valence-corrected chi connectivity index (χ4v) is 3.17. The van der Waals surface area contributed by atoms with E-state index in [1.165, 1.54) is 11.1 Å². The van der Waals surface area contributed by atoms with E-state index in [9.17, 15) is 5.11 Å². The molecule has 3 heteroatoms. The Labute approximate surface area is 169 Å². The lowest BCUT2D eigenvalue weighted by Gasteiger charge is -2.09. The Kier molecular flexibility index (Phi) is 7.11. The maximum atomic E-state index is 9.51. The second-order valence-electron chi connectivity index (χ2n) is 6.22. The quantitative estimate of drug-likeness (QED) is 0.420. The van der Waals surface area contributed by atoms with E-state index in [1.54, 1.807) is 12.1 Å². The molecule has 1 N–H and O–H groups in total. The van der Waals surface area contributed by atoms with Gasteiger partial charge in [0.2, 0.25) is 0 Å². The number of halogens is 1. The molecule has 0 radical (unpaired) electrons. The molecule has 0 aliphatic heterocycles. The molecule has 0 atom stereocenters. The van der Waals surface area contributed by atoms with E-state index in [4.69, 9.17) is 4.74 Å². The molecule has 3 aromatic carbocycles. The zero-order valence-corrected chi connectivity index (χ0v) is 16.7. The van der Waals surface area contributed by atoms with E-state index >= 15 is 0 Å². The first-order valence-electron chi connectivity index (χ1n) is 9.09. The number of para-hydroxylation sites is 1. The molecule has 0 aromatic heterocycles. The van der Waals surface area contributed by atoms with Gasteiger partial charge in [0, 0.05) is 10.9 Å². The maximum absolute atomic E-state index is 9.51. The first kappa shape index (κ1) is 19.2. The molecular weight excluding hydrogens is 400 g/mol. The first-order valence-corrected chi connectivity index (χ1v) is 10.2. The first-order chi connectivity index (χ1) is 13.3. The van der Waals surface area contributed by atoms with Crippen LogP contribution in [0.2, 0.25) is 0 Å². The lowest BCUT2D eigenvalue weighted by Crippen LogP contribution is -1.98. The second kappa shape index (κ2) is 9.98. The number of hydrogen-bond donors (Lipinski definition) is 1. The summed E-state index contributed by atoms with van der Waals surface area (Å²) < 4.78 is 5.77. The average molecular weight is 423 g/mol. The van der Waals surface area contributed by atoms with Gasteiger partial charge < -0.3 is 9.84 Å². The number of allylic oxidation sites excluding steroid dienone is 1. The zero-order valence-electron chi connectivity index (χ0n) is 15.1. The predicted molar refractivity (Wildman–Crippen MR) is 117 cm³/mol. The van der Waals surface area contributed by atoms with Crippen molar-refractivity contribution in [3.63, 3.8) is 0 Å². The average Bonchev–Trinajstić information content (AvgIpc) is 2.71. The van der Waals surface area contributed by atoms with Gasteiger partial charge in [-0.15, -0.1) is 0 Å². The molecule has 0 bridgehead atoms. The minimum atomic E-state index is 0.292. The summed E-state index contributed by atoms with van der Waals surface area (Å²) in [5.41, 5.74) is 4.75. The van der Waals surface area contributed by atoms with Crippen molar-refractivity contribution in [1.29, 1.82) is 0 Å². The van der Waals surface area contributed by atoms with Crippen LogP contribution in [-0.4, -0.2) is 17.0 Å². The number of alkyl halides is 1. The molecule has 0 amide bonds. The molecule has 0 saturated carbocycles. The fraction of sp³-hybridized carbons (Fsp3) is 0.167. The Morgan fingerprint density at radius 2 is 1.63 bits per heavy atom. The van der Waals surface area contributed by atoms with Crippen molar-refractivity contribution in [2.24, 2.45) is 0 Å². The molecule has 0 aliphatic carbocycles. The van der Waals surface area contributed by atoms with E-state index in [0.717, 1.165) is 35.0 Å². The Hall–Kier alpha value is -2.52. The summed E-state index contributed by atoms with van der Waals surface area (Å²) in [4.78, 5) is 0. The monoisotopic (exact) mass is 422 g/mol. The highest BCUT2D eigenvalue weighted by atomic mass is 79.9. The number of aryl methyl sites for hydroxylation is 1. The minimum Gasteiger partial charge on any atom is -0.508 e. The molecule has 3 aromatic rings. The third-order valence-electron chi connectivity index (χ3n) is 4.33. The Balaban J connectivity index is 1.68. The van der Waals surface area contributed by atoms with E-state index < -0.39 is 0 Å². The Morgan fingerprint density at radius 1 is 0.889 bits per heavy atom. The molecule has 138 valence electrons. The van der Waals surface area contributed by atoms with E-state index in [-0.39, 0.29) is 0 Å². The summed E-state index contributed by atoms with van der Waals surface area (Å²) >= 11 is 3.39. The number of benzene rings is 3. The molecule has 0 aliphatic rings. The molecule has 27 heavy (non-hydrogen) atoms. The lowest BCUT2D eigenvalue weighted by molar-refractivity contribution is 0.344. The topological polar surface area (TPSA) is 29.5 Å². The van der Waals surface area contributed by atoms with Gasteiger partial charge in [0.15, 0.2) is 0 Å². The summed E-state index contributed by atoms with van der Waals surface area (Å²) in [6, 6.07) is 23.9. The largest absolute Gasteiger partial charge is 0.508 e. The van der Waals surface area contributed by atoms with Crippen LogP contribution in [0.25, 0.3) is 17.2 Å². The van der Waals surface area contributed by atoms with Crippen LogP contribution in [-0.2, 0) is 6.42 Å². The molecule has 2 nitrogen and oxygen atoms in total. The third kappa shape index (κ3) is 5.48. The maximum Gasteiger partial charge on any atom is 0.126 e. The summed E-state index contributed by atoms with van der Waals surface area (Å²) in [5, 5.41) is 10.3. The number of rotatable bonds is 8. The molecule has 3 rings (SSSR count). The number of phenolic OH excluding ortho intramolecular Hbond substituents is 1. The summed E-state index contributed by atoms with van der Waals surface area (Å²) in [7, 11) is 0. The van der Waals surface area contributed by atoms with Crippen LogP contribution in [0.4, 0.5) is 0 Å². The van der Waals surface area contributed by atoms with Gasteiger partial charge in [-0.1, -0.05) is 82.7 Å². The van der Waals surface area contributed by atoms with E-state index in [1.807, 2.05) is 30.3 Å².